The van der Waals surface area contributed by atoms with Crippen LogP contribution in [0.3, 0.4) is 0 Å². The fraction of sp³-hybridized carbons (Fsp3) is 0.286. The summed E-state index contributed by atoms with van der Waals surface area (Å²) in [5.41, 5.74) is 4.88. The van der Waals surface area contributed by atoms with Crippen molar-refractivity contribution in [2.45, 2.75) is 45.3 Å². The summed E-state index contributed by atoms with van der Waals surface area (Å²) in [6.45, 7) is 8.39. The first-order valence-electron chi connectivity index (χ1n) is 11.1. The minimum atomic E-state index is -0.469. The smallest absolute Gasteiger partial charge is 0.495 e. The maximum Gasteiger partial charge on any atom is 0.495 e. The quantitative estimate of drug-likeness (QED) is 0.334. The SMILES string of the molecule is COc1ccc(/C(Cc2ccccc2)=C(\B2OC(C)(C)C(C)(C)O2)c2ccccc2)cc1. The molecule has 0 unspecified atom stereocenters. The van der Waals surface area contributed by atoms with Crippen molar-refractivity contribution in [1.82, 2.24) is 0 Å². The Morgan fingerprint density at radius 3 is 1.78 bits per heavy atom. The number of methoxy groups -OCH3 is 1. The van der Waals surface area contributed by atoms with Gasteiger partial charge in [-0.15, -0.1) is 0 Å². The third kappa shape index (κ3) is 4.52. The van der Waals surface area contributed by atoms with E-state index in [1.807, 2.05) is 24.3 Å². The summed E-state index contributed by atoms with van der Waals surface area (Å²) < 4.78 is 18.5. The van der Waals surface area contributed by atoms with Crippen LogP contribution < -0.4 is 4.74 Å². The average Bonchev–Trinajstić information content (AvgIpc) is 3.01. The normalized spacial score (nSPS) is 17.7. The van der Waals surface area contributed by atoms with Gasteiger partial charge in [-0.25, -0.2) is 0 Å². The van der Waals surface area contributed by atoms with E-state index in [0.29, 0.717) is 0 Å². The molecule has 4 heteroatoms. The zero-order chi connectivity index (χ0) is 22.8. The highest BCUT2D eigenvalue weighted by molar-refractivity contribution is 6.71. The van der Waals surface area contributed by atoms with Gasteiger partial charge in [0.05, 0.1) is 18.3 Å². The lowest BCUT2D eigenvalue weighted by Crippen LogP contribution is -2.41. The minimum absolute atomic E-state index is 0.421. The molecular weight excluding hydrogens is 395 g/mol. The van der Waals surface area contributed by atoms with Crippen LogP contribution in [0, 0.1) is 0 Å². The van der Waals surface area contributed by atoms with Crippen LogP contribution in [0.25, 0.3) is 11.0 Å². The van der Waals surface area contributed by atoms with Gasteiger partial charge in [-0.3, -0.25) is 0 Å². The van der Waals surface area contributed by atoms with Crippen LogP contribution in [0.15, 0.2) is 84.9 Å². The lowest BCUT2D eigenvalue weighted by atomic mass is 9.69. The molecule has 1 heterocycles. The molecule has 3 aromatic carbocycles. The number of rotatable bonds is 6. The van der Waals surface area contributed by atoms with E-state index < -0.39 is 18.3 Å². The molecule has 0 amide bonds. The third-order valence-corrected chi connectivity index (χ3v) is 6.56. The predicted molar refractivity (Wildman–Crippen MR) is 132 cm³/mol. The lowest BCUT2D eigenvalue weighted by molar-refractivity contribution is 0.00578. The average molecular weight is 426 g/mol. The summed E-state index contributed by atoms with van der Waals surface area (Å²) in [6, 6.07) is 29.2. The van der Waals surface area contributed by atoms with Crippen LogP contribution in [-0.4, -0.2) is 25.4 Å². The Labute approximate surface area is 192 Å². The molecule has 164 valence electrons. The Kier molecular flexibility index (Phi) is 6.27. The van der Waals surface area contributed by atoms with E-state index >= 15 is 0 Å². The van der Waals surface area contributed by atoms with Gasteiger partial charge in [0.2, 0.25) is 0 Å². The monoisotopic (exact) mass is 426 g/mol. The van der Waals surface area contributed by atoms with Gasteiger partial charge in [0.25, 0.3) is 0 Å². The Morgan fingerprint density at radius 1 is 0.719 bits per heavy atom. The number of hydrogen-bond donors (Lipinski definition) is 0. The molecular formula is C28H31BO3. The Balaban J connectivity index is 1.92. The summed E-state index contributed by atoms with van der Waals surface area (Å²) in [5.74, 6) is 0.838. The van der Waals surface area contributed by atoms with E-state index in [4.69, 9.17) is 14.0 Å². The molecule has 1 aliphatic rings. The molecule has 1 fully saturated rings. The predicted octanol–water partition coefficient (Wildman–Crippen LogP) is 6.48. The summed E-state index contributed by atoms with van der Waals surface area (Å²) in [5, 5.41) is 0. The van der Waals surface area contributed by atoms with Gasteiger partial charge >= 0.3 is 7.12 Å². The summed E-state index contributed by atoms with van der Waals surface area (Å²) >= 11 is 0. The topological polar surface area (TPSA) is 27.7 Å². The van der Waals surface area contributed by atoms with Crippen molar-refractivity contribution in [1.29, 1.82) is 0 Å². The van der Waals surface area contributed by atoms with Gasteiger partial charge in [-0.05, 0) is 74.0 Å². The fourth-order valence-electron chi connectivity index (χ4n) is 3.98. The van der Waals surface area contributed by atoms with E-state index in [0.717, 1.165) is 28.8 Å². The van der Waals surface area contributed by atoms with E-state index in [2.05, 4.69) is 88.4 Å². The first-order valence-corrected chi connectivity index (χ1v) is 11.1. The van der Waals surface area contributed by atoms with Crippen molar-refractivity contribution in [3.05, 3.63) is 102 Å². The van der Waals surface area contributed by atoms with Crippen molar-refractivity contribution in [3.63, 3.8) is 0 Å². The first-order chi connectivity index (χ1) is 15.3. The summed E-state index contributed by atoms with van der Waals surface area (Å²) in [6.07, 6.45) is 0.765. The van der Waals surface area contributed by atoms with Crippen LogP contribution in [0.4, 0.5) is 0 Å². The highest BCUT2D eigenvalue weighted by Crippen LogP contribution is 2.43. The third-order valence-electron chi connectivity index (χ3n) is 6.56. The summed E-state index contributed by atoms with van der Waals surface area (Å²) in [7, 11) is 1.22. The highest BCUT2D eigenvalue weighted by atomic mass is 16.7. The van der Waals surface area contributed by atoms with Gasteiger partial charge in [0.15, 0.2) is 0 Å². The minimum Gasteiger partial charge on any atom is -0.497 e. The van der Waals surface area contributed by atoms with Crippen LogP contribution in [0.1, 0.15) is 44.4 Å². The van der Waals surface area contributed by atoms with Crippen molar-refractivity contribution < 1.29 is 14.0 Å². The van der Waals surface area contributed by atoms with Crippen molar-refractivity contribution in [2.75, 3.05) is 7.11 Å². The molecule has 1 saturated heterocycles. The molecule has 32 heavy (non-hydrogen) atoms. The Morgan fingerprint density at radius 2 is 1.25 bits per heavy atom. The number of hydrogen-bond acceptors (Lipinski definition) is 3. The molecule has 0 aromatic heterocycles. The number of benzene rings is 3. The molecule has 3 nitrogen and oxygen atoms in total. The van der Waals surface area contributed by atoms with Crippen molar-refractivity contribution >= 4 is 18.2 Å². The standard InChI is InChI=1S/C28H31BO3/c1-27(2)28(3,4)32-29(31-27)26(23-14-10-7-11-15-23)25(20-21-12-8-6-9-13-21)22-16-18-24(30-5)19-17-22/h6-19H,20H2,1-5H3/b26-25-. The molecule has 0 radical (unpaired) electrons. The second-order valence-corrected chi connectivity index (χ2v) is 9.24. The maximum atomic E-state index is 6.56. The molecule has 3 aromatic rings. The van der Waals surface area contributed by atoms with E-state index in [1.54, 1.807) is 7.11 Å². The van der Waals surface area contributed by atoms with E-state index in [-0.39, 0.29) is 0 Å². The second kappa shape index (κ2) is 8.97. The van der Waals surface area contributed by atoms with Gasteiger partial charge < -0.3 is 14.0 Å². The highest BCUT2D eigenvalue weighted by Gasteiger charge is 2.53. The molecule has 0 atom stereocenters. The van der Waals surface area contributed by atoms with E-state index in [1.165, 1.54) is 11.1 Å². The molecule has 0 saturated carbocycles. The number of ether oxygens (including phenoxy) is 1. The number of allylic oxidation sites excluding steroid dienone is 1. The van der Waals surface area contributed by atoms with Gasteiger partial charge in [-0.2, -0.15) is 0 Å². The maximum absolute atomic E-state index is 6.56. The van der Waals surface area contributed by atoms with E-state index in [9.17, 15) is 0 Å². The van der Waals surface area contributed by atoms with Crippen molar-refractivity contribution in [3.8, 4) is 5.75 Å². The summed E-state index contributed by atoms with van der Waals surface area (Å²) in [4.78, 5) is 0. The zero-order valence-corrected chi connectivity index (χ0v) is 19.6. The second-order valence-electron chi connectivity index (χ2n) is 9.24. The molecule has 0 aliphatic carbocycles. The largest absolute Gasteiger partial charge is 0.497 e. The molecule has 1 aliphatic heterocycles. The van der Waals surface area contributed by atoms with Gasteiger partial charge in [-0.1, -0.05) is 72.8 Å². The molecule has 0 N–H and O–H groups in total. The molecule has 0 spiro atoms. The van der Waals surface area contributed by atoms with Gasteiger partial charge in [0.1, 0.15) is 5.75 Å². The Bertz CT molecular complexity index is 1050. The lowest BCUT2D eigenvalue weighted by Gasteiger charge is -2.32. The Hall–Kier alpha value is -2.82. The van der Waals surface area contributed by atoms with Crippen LogP contribution in [0.5, 0.6) is 5.75 Å². The van der Waals surface area contributed by atoms with Crippen LogP contribution in [0.2, 0.25) is 0 Å². The van der Waals surface area contributed by atoms with Crippen LogP contribution in [-0.2, 0) is 15.7 Å². The molecule has 0 bridgehead atoms. The van der Waals surface area contributed by atoms with Crippen LogP contribution >= 0.6 is 0 Å². The zero-order valence-electron chi connectivity index (χ0n) is 19.6. The molecule has 4 rings (SSSR count). The fourth-order valence-corrected chi connectivity index (χ4v) is 3.98. The first kappa shape index (κ1) is 22.4. The van der Waals surface area contributed by atoms with Crippen molar-refractivity contribution in [2.24, 2.45) is 0 Å². The van der Waals surface area contributed by atoms with Gasteiger partial charge in [0, 0.05) is 0 Å².